The lowest BCUT2D eigenvalue weighted by Gasteiger charge is -2.15. The van der Waals surface area contributed by atoms with Crippen LogP contribution in [0.3, 0.4) is 0 Å². The molecule has 1 aromatic heterocycles. The molecule has 0 fully saturated rings. The van der Waals surface area contributed by atoms with Gasteiger partial charge in [0.2, 0.25) is 0 Å². The lowest BCUT2D eigenvalue weighted by atomic mass is 10.1. The number of nitrogen functional groups attached to an aromatic ring is 1. The van der Waals surface area contributed by atoms with E-state index in [1.54, 1.807) is 12.1 Å². The molecule has 0 radical (unpaired) electrons. The number of aromatic nitrogens is 2. The zero-order valence-electron chi connectivity index (χ0n) is 19.5. The first-order valence-corrected chi connectivity index (χ1v) is 12.0. The van der Waals surface area contributed by atoms with Crippen molar-refractivity contribution in [3.8, 4) is 29.5 Å². The Morgan fingerprint density at radius 2 is 1.81 bits per heavy atom. The molecule has 4 aromatic rings. The smallest absolute Gasteiger partial charge is 0.327 e. The number of rotatable bonds is 9. The summed E-state index contributed by atoms with van der Waals surface area (Å²) in [7, 11) is 0. The number of aryl methyl sites for hydroxylation is 2. The molecule has 4 rings (SSSR count). The van der Waals surface area contributed by atoms with Crippen LogP contribution in [0.5, 0.6) is 23.4 Å². The summed E-state index contributed by atoms with van der Waals surface area (Å²) < 4.78 is 12.0. The van der Waals surface area contributed by atoms with E-state index in [1.807, 2.05) is 55.5 Å². The molecule has 0 spiro atoms. The van der Waals surface area contributed by atoms with Crippen molar-refractivity contribution < 1.29 is 9.47 Å². The lowest BCUT2D eigenvalue weighted by molar-refractivity contribution is 0.413. The molecule has 0 amide bonds. The van der Waals surface area contributed by atoms with Gasteiger partial charge >= 0.3 is 6.01 Å². The van der Waals surface area contributed by atoms with E-state index >= 15 is 0 Å². The van der Waals surface area contributed by atoms with Crippen molar-refractivity contribution in [2.75, 3.05) is 16.9 Å². The minimum absolute atomic E-state index is 0.0322. The van der Waals surface area contributed by atoms with Crippen LogP contribution in [0, 0.1) is 18.3 Å². The molecule has 3 aromatic carbocycles. The summed E-state index contributed by atoms with van der Waals surface area (Å²) >= 11 is 12.2. The minimum atomic E-state index is 0.0322. The molecule has 0 unspecified atom stereocenters. The molecule has 1 heterocycles. The van der Waals surface area contributed by atoms with Gasteiger partial charge < -0.3 is 20.5 Å². The molecule has 0 aliphatic carbocycles. The number of alkyl halides is 1. The highest BCUT2D eigenvalue weighted by molar-refractivity contribution is 6.32. The number of ether oxygens (including phenoxy) is 2. The highest BCUT2D eigenvalue weighted by atomic mass is 35.5. The van der Waals surface area contributed by atoms with Crippen LogP contribution < -0.4 is 20.5 Å². The second-order valence-electron chi connectivity index (χ2n) is 7.97. The fraction of sp³-hybridized carbons (Fsp3) is 0.148. The first kappa shape index (κ1) is 25.1. The summed E-state index contributed by atoms with van der Waals surface area (Å²) in [5.74, 6) is 1.67. The lowest BCUT2D eigenvalue weighted by Crippen LogP contribution is -2.08. The molecule has 0 aliphatic rings. The van der Waals surface area contributed by atoms with E-state index in [2.05, 4.69) is 21.4 Å². The Morgan fingerprint density at radius 1 is 1.00 bits per heavy atom. The van der Waals surface area contributed by atoms with Crippen LogP contribution in [-0.2, 0) is 13.0 Å². The van der Waals surface area contributed by atoms with Crippen molar-refractivity contribution in [2.24, 2.45) is 0 Å². The van der Waals surface area contributed by atoms with Crippen molar-refractivity contribution in [3.63, 3.8) is 0 Å². The van der Waals surface area contributed by atoms with E-state index in [9.17, 15) is 5.26 Å². The van der Waals surface area contributed by atoms with Gasteiger partial charge in [-0.25, -0.2) is 0 Å². The molecule has 7 nitrogen and oxygen atoms in total. The van der Waals surface area contributed by atoms with E-state index in [1.165, 1.54) is 6.07 Å². The summed E-state index contributed by atoms with van der Waals surface area (Å²) in [6, 6.07) is 22.4. The van der Waals surface area contributed by atoms with Crippen molar-refractivity contribution in [2.45, 2.75) is 19.9 Å². The fourth-order valence-electron chi connectivity index (χ4n) is 3.47. The maximum Gasteiger partial charge on any atom is 0.327 e. The summed E-state index contributed by atoms with van der Waals surface area (Å²) in [4.78, 5) is 8.88. The van der Waals surface area contributed by atoms with Crippen molar-refractivity contribution in [3.05, 3.63) is 94.0 Å². The van der Waals surface area contributed by atoms with E-state index in [0.29, 0.717) is 41.0 Å². The van der Waals surface area contributed by atoms with Gasteiger partial charge in [-0.1, -0.05) is 48.0 Å². The number of halogens is 2. The summed E-state index contributed by atoms with van der Waals surface area (Å²) in [6.07, 6.45) is 0.703. The first-order chi connectivity index (χ1) is 17.4. The molecule has 3 N–H and O–H groups in total. The van der Waals surface area contributed by atoms with Crippen molar-refractivity contribution in [1.82, 2.24) is 9.97 Å². The number of nitriles is 1. The first-order valence-electron chi connectivity index (χ1n) is 11.1. The molecule has 9 heteroatoms. The highest BCUT2D eigenvalue weighted by Crippen LogP contribution is 2.36. The van der Waals surface area contributed by atoms with Crippen LogP contribution in [0.4, 0.5) is 11.5 Å². The fourth-order valence-corrected chi connectivity index (χ4v) is 3.84. The molecule has 0 atom stereocenters. The van der Waals surface area contributed by atoms with E-state index in [-0.39, 0.29) is 23.3 Å². The van der Waals surface area contributed by atoms with Crippen LogP contribution in [0.1, 0.15) is 22.3 Å². The maximum atomic E-state index is 9.25. The average Bonchev–Trinajstić information content (AvgIpc) is 2.86. The third-order valence-corrected chi connectivity index (χ3v) is 5.66. The van der Waals surface area contributed by atoms with Gasteiger partial charge in [-0.2, -0.15) is 15.2 Å². The van der Waals surface area contributed by atoms with Gasteiger partial charge in [0.15, 0.2) is 5.82 Å². The van der Waals surface area contributed by atoms with Gasteiger partial charge in [0, 0.05) is 18.5 Å². The number of hydrogen-bond acceptors (Lipinski definition) is 7. The minimum Gasteiger partial charge on any atom is -0.435 e. The topological polar surface area (TPSA) is 106 Å². The van der Waals surface area contributed by atoms with E-state index in [4.69, 9.17) is 38.4 Å². The normalized spacial score (nSPS) is 10.5. The van der Waals surface area contributed by atoms with Crippen molar-refractivity contribution >= 4 is 34.7 Å². The van der Waals surface area contributed by atoms with Crippen LogP contribution in [0.15, 0.2) is 66.7 Å². The Bertz CT molecular complexity index is 1410. The Morgan fingerprint density at radius 3 is 2.56 bits per heavy atom. The number of nitrogens with two attached hydrogens (primary N) is 1. The van der Waals surface area contributed by atoms with Crippen LogP contribution in [-0.4, -0.2) is 15.8 Å². The standard InChI is InChI=1S/C27H23Cl2N5O2/c1-17-11-19(9-10-28)13-21(12-17)35-27-33-25(32-16-18-5-3-2-4-6-18)24(31)26(34-27)36-23-14-20(15-30)7-8-22(23)29/h2-8,11-14H,9-10,16,31H2,1H3,(H,32,33,34). The third kappa shape index (κ3) is 6.36. The SMILES string of the molecule is Cc1cc(CCCl)cc(Oc2nc(NCc3ccccc3)c(N)c(Oc3cc(C#N)ccc3Cl)n2)c1. The van der Waals surface area contributed by atoms with Gasteiger partial charge in [0.05, 0.1) is 16.7 Å². The van der Waals surface area contributed by atoms with Crippen LogP contribution >= 0.6 is 23.2 Å². The van der Waals surface area contributed by atoms with Gasteiger partial charge in [-0.15, -0.1) is 11.6 Å². The van der Waals surface area contributed by atoms with Crippen LogP contribution in [0.25, 0.3) is 0 Å². The summed E-state index contributed by atoms with van der Waals surface area (Å²) in [5.41, 5.74) is 10.0. The number of nitrogens with one attached hydrogen (secondary N) is 1. The Balaban J connectivity index is 1.70. The average molecular weight is 520 g/mol. The molecular formula is C27H23Cl2N5O2. The predicted molar refractivity (Wildman–Crippen MR) is 142 cm³/mol. The number of nitrogens with zero attached hydrogens (tertiary/aromatic N) is 3. The number of anilines is 2. The third-order valence-electron chi connectivity index (χ3n) is 5.16. The molecule has 36 heavy (non-hydrogen) atoms. The second-order valence-corrected chi connectivity index (χ2v) is 8.75. The predicted octanol–water partition coefficient (Wildman–Crippen LogP) is 6.87. The van der Waals surface area contributed by atoms with Gasteiger partial charge in [-0.05, 0) is 54.3 Å². The summed E-state index contributed by atoms with van der Waals surface area (Å²) in [5, 5.41) is 12.8. The molecule has 0 saturated heterocycles. The van der Waals surface area contributed by atoms with Gasteiger partial charge in [0.1, 0.15) is 17.2 Å². The maximum absolute atomic E-state index is 9.25. The molecule has 0 bridgehead atoms. The van der Waals surface area contributed by atoms with Crippen molar-refractivity contribution in [1.29, 1.82) is 5.26 Å². The van der Waals surface area contributed by atoms with E-state index in [0.717, 1.165) is 16.7 Å². The summed E-state index contributed by atoms with van der Waals surface area (Å²) in [6.45, 7) is 2.44. The zero-order chi connectivity index (χ0) is 25.5. The Kier molecular flexibility index (Phi) is 8.11. The van der Waals surface area contributed by atoms with Gasteiger partial charge in [0.25, 0.3) is 5.88 Å². The Hall–Kier alpha value is -3.99. The Labute approximate surface area is 219 Å². The van der Waals surface area contributed by atoms with E-state index < -0.39 is 0 Å². The quantitative estimate of drug-likeness (QED) is 0.232. The number of benzene rings is 3. The highest BCUT2D eigenvalue weighted by Gasteiger charge is 2.17. The van der Waals surface area contributed by atoms with Crippen LogP contribution in [0.2, 0.25) is 5.02 Å². The zero-order valence-corrected chi connectivity index (χ0v) is 21.0. The molecule has 182 valence electrons. The van der Waals surface area contributed by atoms with Gasteiger partial charge in [-0.3, -0.25) is 0 Å². The largest absolute Gasteiger partial charge is 0.435 e. The second kappa shape index (κ2) is 11.6. The number of hydrogen-bond donors (Lipinski definition) is 2. The monoisotopic (exact) mass is 519 g/mol. The molecular weight excluding hydrogens is 497 g/mol. The molecule has 0 aliphatic heterocycles. The molecule has 0 saturated carbocycles.